The van der Waals surface area contributed by atoms with Crippen LogP contribution in [0, 0.1) is 5.82 Å². The van der Waals surface area contributed by atoms with Crippen LogP contribution >= 0.6 is 15.9 Å². The van der Waals surface area contributed by atoms with E-state index in [0.717, 1.165) is 5.56 Å². The van der Waals surface area contributed by atoms with Gasteiger partial charge in [-0.15, -0.1) is 0 Å². The number of nitrogens with one attached hydrogen (secondary N) is 1. The summed E-state index contributed by atoms with van der Waals surface area (Å²) >= 11 is 3.17. The van der Waals surface area contributed by atoms with E-state index in [1.165, 1.54) is 16.4 Å². The number of hydrogen-bond donors (Lipinski definition) is 1. The molecule has 5 nitrogen and oxygen atoms in total. The Morgan fingerprint density at radius 3 is 2.52 bits per heavy atom. The van der Waals surface area contributed by atoms with Crippen LogP contribution in [0.3, 0.4) is 0 Å². The molecule has 0 aromatic heterocycles. The van der Waals surface area contributed by atoms with E-state index in [4.69, 9.17) is 0 Å². The summed E-state index contributed by atoms with van der Waals surface area (Å²) in [7, 11) is -3.66. The highest BCUT2D eigenvalue weighted by molar-refractivity contribution is 9.10. The predicted octanol–water partition coefficient (Wildman–Crippen LogP) is 4.59. The van der Waals surface area contributed by atoms with Gasteiger partial charge in [0.25, 0.3) is 15.9 Å². The molecule has 0 bridgehead atoms. The third kappa shape index (κ3) is 3.77. The maximum Gasteiger partial charge on any atom is 0.264 e. The van der Waals surface area contributed by atoms with Gasteiger partial charge in [-0.1, -0.05) is 34.1 Å². The largest absolute Gasteiger partial charge is 0.319 e. The zero-order valence-electron chi connectivity index (χ0n) is 15.1. The van der Waals surface area contributed by atoms with Crippen molar-refractivity contribution in [1.82, 2.24) is 0 Å². The predicted molar refractivity (Wildman–Crippen MR) is 113 cm³/mol. The second-order valence-electron chi connectivity index (χ2n) is 6.56. The first-order chi connectivity index (χ1) is 13.9. The Kier molecular flexibility index (Phi) is 5.14. The lowest BCUT2D eigenvalue weighted by Crippen LogP contribution is -2.29. The molecule has 1 N–H and O–H groups in total. The first kappa shape index (κ1) is 19.6. The van der Waals surface area contributed by atoms with Crippen molar-refractivity contribution in [1.29, 1.82) is 0 Å². The van der Waals surface area contributed by atoms with E-state index in [0.29, 0.717) is 28.7 Å². The van der Waals surface area contributed by atoms with Gasteiger partial charge in [0.1, 0.15) is 5.82 Å². The summed E-state index contributed by atoms with van der Waals surface area (Å²) < 4.78 is 41.7. The minimum Gasteiger partial charge on any atom is -0.319 e. The average Bonchev–Trinajstić information content (AvgIpc) is 3.15. The molecular formula is C21H16BrFN2O3S. The number of halogens is 2. The molecule has 3 aromatic carbocycles. The van der Waals surface area contributed by atoms with Gasteiger partial charge in [0.05, 0.1) is 16.3 Å². The first-order valence-electron chi connectivity index (χ1n) is 8.83. The third-order valence-electron chi connectivity index (χ3n) is 4.71. The molecule has 1 aliphatic rings. The second kappa shape index (κ2) is 7.61. The van der Waals surface area contributed by atoms with Crippen LogP contribution in [0.4, 0.5) is 15.8 Å². The number of carbonyl (C=O) groups excluding carboxylic acids is 1. The van der Waals surface area contributed by atoms with Gasteiger partial charge in [-0.3, -0.25) is 9.10 Å². The minimum absolute atomic E-state index is 0.0759. The molecule has 8 heteroatoms. The summed E-state index contributed by atoms with van der Waals surface area (Å²) in [5.41, 5.74) is 1.73. The van der Waals surface area contributed by atoms with Gasteiger partial charge < -0.3 is 5.32 Å². The fourth-order valence-electron chi connectivity index (χ4n) is 3.27. The average molecular weight is 475 g/mol. The summed E-state index contributed by atoms with van der Waals surface area (Å²) in [5, 5.41) is 2.55. The molecule has 29 heavy (non-hydrogen) atoms. The number of anilines is 2. The quantitative estimate of drug-likeness (QED) is 0.601. The highest BCUT2D eigenvalue weighted by Crippen LogP contribution is 2.33. The SMILES string of the molecule is O=C(Nc1ccc(Br)cc1F)c1ccc2c(c1)CCN2S(=O)(=O)c1ccccc1. The Hall–Kier alpha value is -2.71. The lowest BCUT2D eigenvalue weighted by molar-refractivity contribution is 0.102. The molecule has 3 aromatic rings. The van der Waals surface area contributed by atoms with E-state index in [-0.39, 0.29) is 10.6 Å². The van der Waals surface area contributed by atoms with Gasteiger partial charge in [0.15, 0.2) is 0 Å². The Labute approximate surface area is 176 Å². The van der Waals surface area contributed by atoms with Crippen LogP contribution in [0.5, 0.6) is 0 Å². The summed E-state index contributed by atoms with van der Waals surface area (Å²) in [5.74, 6) is -1.01. The van der Waals surface area contributed by atoms with Crippen molar-refractivity contribution in [3.05, 3.63) is 88.1 Å². The highest BCUT2D eigenvalue weighted by atomic mass is 79.9. The van der Waals surface area contributed by atoms with Crippen LogP contribution in [-0.2, 0) is 16.4 Å². The van der Waals surface area contributed by atoms with Crippen molar-refractivity contribution in [3.8, 4) is 0 Å². The standard InChI is InChI=1S/C21H16BrFN2O3S/c22-16-7-8-19(18(23)13-16)24-21(26)15-6-9-20-14(12-15)10-11-25(20)29(27,28)17-4-2-1-3-5-17/h1-9,12-13H,10-11H2,(H,24,26). The third-order valence-corrected chi connectivity index (χ3v) is 7.03. The summed E-state index contributed by atoms with van der Waals surface area (Å²) in [6.07, 6.45) is 0.495. The Bertz CT molecular complexity index is 1200. The number of sulfonamides is 1. The second-order valence-corrected chi connectivity index (χ2v) is 9.34. The summed E-state index contributed by atoms with van der Waals surface area (Å²) in [6, 6.07) is 17.4. The molecule has 0 atom stereocenters. The minimum atomic E-state index is -3.66. The van der Waals surface area contributed by atoms with Crippen LogP contribution in [-0.4, -0.2) is 20.9 Å². The highest BCUT2D eigenvalue weighted by Gasteiger charge is 2.31. The molecule has 0 spiro atoms. The lowest BCUT2D eigenvalue weighted by Gasteiger charge is -2.19. The van der Waals surface area contributed by atoms with Crippen molar-refractivity contribution >= 4 is 43.2 Å². The van der Waals surface area contributed by atoms with E-state index in [2.05, 4.69) is 21.2 Å². The van der Waals surface area contributed by atoms with Crippen molar-refractivity contribution in [2.45, 2.75) is 11.3 Å². The summed E-state index contributed by atoms with van der Waals surface area (Å²) in [4.78, 5) is 12.8. The van der Waals surface area contributed by atoms with E-state index < -0.39 is 21.7 Å². The molecule has 0 saturated heterocycles. The normalized spacial score (nSPS) is 13.2. The molecule has 0 unspecified atom stereocenters. The molecule has 1 aliphatic heterocycles. The molecule has 0 radical (unpaired) electrons. The van der Waals surface area contributed by atoms with Crippen LogP contribution in [0.2, 0.25) is 0 Å². The Morgan fingerprint density at radius 1 is 1.03 bits per heavy atom. The molecular weight excluding hydrogens is 459 g/mol. The Balaban J connectivity index is 1.59. The van der Waals surface area contributed by atoms with Gasteiger partial charge in [-0.05, 0) is 60.5 Å². The van der Waals surface area contributed by atoms with E-state index in [1.54, 1.807) is 54.6 Å². The number of fused-ring (bicyclic) bond motifs is 1. The van der Waals surface area contributed by atoms with Crippen LogP contribution in [0.1, 0.15) is 15.9 Å². The van der Waals surface area contributed by atoms with Crippen molar-refractivity contribution in [2.75, 3.05) is 16.2 Å². The maximum atomic E-state index is 14.0. The smallest absolute Gasteiger partial charge is 0.264 e. The summed E-state index contributed by atoms with van der Waals surface area (Å²) in [6.45, 7) is 0.305. The van der Waals surface area contributed by atoms with Gasteiger partial charge in [0.2, 0.25) is 0 Å². The zero-order valence-corrected chi connectivity index (χ0v) is 17.5. The topological polar surface area (TPSA) is 66.5 Å². The number of hydrogen-bond acceptors (Lipinski definition) is 3. The van der Waals surface area contributed by atoms with Crippen LogP contribution in [0.25, 0.3) is 0 Å². The molecule has 0 fully saturated rings. The molecule has 148 valence electrons. The number of amides is 1. The molecule has 0 aliphatic carbocycles. The molecule has 1 heterocycles. The van der Waals surface area contributed by atoms with Crippen molar-refractivity contribution < 1.29 is 17.6 Å². The van der Waals surface area contributed by atoms with Gasteiger partial charge in [0, 0.05) is 16.6 Å². The van der Waals surface area contributed by atoms with E-state index in [1.807, 2.05) is 0 Å². The van der Waals surface area contributed by atoms with Crippen molar-refractivity contribution in [3.63, 3.8) is 0 Å². The fourth-order valence-corrected chi connectivity index (χ4v) is 5.12. The van der Waals surface area contributed by atoms with Gasteiger partial charge in [-0.2, -0.15) is 0 Å². The number of carbonyl (C=O) groups is 1. The molecule has 0 saturated carbocycles. The van der Waals surface area contributed by atoms with E-state index >= 15 is 0 Å². The number of rotatable bonds is 4. The van der Waals surface area contributed by atoms with Gasteiger partial charge in [-0.25, -0.2) is 12.8 Å². The van der Waals surface area contributed by atoms with Crippen LogP contribution in [0.15, 0.2) is 76.1 Å². The van der Waals surface area contributed by atoms with Crippen molar-refractivity contribution in [2.24, 2.45) is 0 Å². The first-order valence-corrected chi connectivity index (χ1v) is 11.1. The molecule has 1 amide bonds. The van der Waals surface area contributed by atoms with Crippen LogP contribution < -0.4 is 9.62 Å². The zero-order chi connectivity index (χ0) is 20.6. The number of benzene rings is 3. The molecule has 4 rings (SSSR count). The Morgan fingerprint density at radius 2 is 1.79 bits per heavy atom. The number of nitrogens with zero attached hydrogens (tertiary/aromatic N) is 1. The van der Waals surface area contributed by atoms with Gasteiger partial charge >= 0.3 is 0 Å². The lowest BCUT2D eigenvalue weighted by atomic mass is 10.1. The van der Waals surface area contributed by atoms with E-state index in [9.17, 15) is 17.6 Å². The fraction of sp³-hybridized carbons (Fsp3) is 0.0952. The monoisotopic (exact) mass is 474 g/mol. The maximum absolute atomic E-state index is 14.0.